The Hall–Kier alpha value is -5.19. The van der Waals surface area contributed by atoms with Crippen LogP contribution in [-0.2, 0) is 71.4 Å². The lowest BCUT2D eigenvalue weighted by molar-refractivity contribution is -0.167. The standard InChI is InChI=1S/C13H25NO3.C8H15NO3.C6H8N2.C6H10O4.C6H8O3.C4H6O3.CH4.Cl2OS/c1-6-10(2)9-17-12(15)8-7-11(3)13(16)14(4)5;1-6(4-5-7(10)11)8(12)9(2)3;1-6(8-2)4-3-5-7;1-4(6(9)10)2-3-5(7)8;1-4-2-3-5(7)9-6(4)8;1-3(5)7-4(2)6;;1-4(2)3/h10-11H,6-9H2,1-5H3;6H,4-5H2,1-3H3,(H,10,11);6H,3-4H2,1H3;4H,2-3H2,1H3,(H,7,8)(H,9,10);4H,2-3H2,1H3;1-2H3;1H4;. The highest BCUT2D eigenvalue weighted by atomic mass is 36.0. The van der Waals surface area contributed by atoms with Gasteiger partial charge in [0.05, 0.1) is 24.5 Å². The molecule has 68 heavy (non-hydrogen) atoms. The van der Waals surface area contributed by atoms with Crippen molar-refractivity contribution in [3.63, 3.8) is 0 Å². The van der Waals surface area contributed by atoms with Gasteiger partial charge < -0.3 is 44.2 Å². The second-order valence-electron chi connectivity index (χ2n) is 15.3. The van der Waals surface area contributed by atoms with Gasteiger partial charge in [0.25, 0.3) is 0 Å². The van der Waals surface area contributed by atoms with Crippen LogP contribution in [0.15, 0.2) is 0 Å². The number of hydrogen-bond donors (Lipinski definition) is 3. The Kier molecular flexibility index (Phi) is 54.7. The van der Waals surface area contributed by atoms with Gasteiger partial charge in [-0.1, -0.05) is 55.4 Å². The zero-order valence-electron chi connectivity index (χ0n) is 41.0. The van der Waals surface area contributed by atoms with Crippen molar-refractivity contribution in [2.24, 2.45) is 29.6 Å². The van der Waals surface area contributed by atoms with Gasteiger partial charge in [0.15, 0.2) is 0 Å². The molecule has 6 unspecified atom stereocenters. The van der Waals surface area contributed by atoms with Crippen molar-refractivity contribution < 1.29 is 81.7 Å². The molecule has 0 bridgehead atoms. The van der Waals surface area contributed by atoms with Crippen LogP contribution in [0.3, 0.4) is 0 Å². The van der Waals surface area contributed by atoms with E-state index in [1.165, 1.54) is 25.7 Å². The van der Waals surface area contributed by atoms with E-state index >= 15 is 0 Å². The van der Waals surface area contributed by atoms with Gasteiger partial charge in [-0.15, -0.1) is 0 Å². The fourth-order valence-corrected chi connectivity index (χ4v) is 3.95. The number of nitrogens with zero attached hydrogens (tertiary/aromatic N) is 4. The first-order valence-electron chi connectivity index (χ1n) is 20.9. The number of cyclic esters (lactones) is 2. The van der Waals surface area contributed by atoms with Gasteiger partial charge in [-0.3, -0.25) is 47.9 Å². The predicted molar refractivity (Wildman–Crippen MR) is 255 cm³/mol. The minimum Gasteiger partial charge on any atom is -0.481 e. The largest absolute Gasteiger partial charge is 0.481 e. The number of esters is 5. The van der Waals surface area contributed by atoms with Gasteiger partial charge in [-0.25, -0.2) is 10.8 Å². The van der Waals surface area contributed by atoms with E-state index in [-0.39, 0.29) is 74.2 Å². The monoisotopic (exact) mass is 1030 g/mol. The number of rotatable bonds is 17. The molecule has 1 saturated heterocycles. The highest BCUT2D eigenvalue weighted by Gasteiger charge is 2.24. The lowest BCUT2D eigenvalue weighted by atomic mass is 10.0. The zero-order chi connectivity index (χ0) is 54.0. The number of carbonyl (C=O) groups excluding carboxylic acids is 7. The average molecular weight is 1040 g/mol. The molecule has 0 radical (unpaired) electrons. The molecular formula is C44H76Cl2N4O17S. The van der Waals surface area contributed by atoms with Crippen LogP contribution in [0.1, 0.15) is 140 Å². The third-order valence-electron chi connectivity index (χ3n) is 8.32. The van der Waals surface area contributed by atoms with Crippen LogP contribution < -0.4 is 0 Å². The lowest BCUT2D eigenvalue weighted by Gasteiger charge is -2.16. The normalized spacial score (nSPS) is 13.8. The summed E-state index contributed by atoms with van der Waals surface area (Å²) in [5, 5.41) is 32.9. The van der Waals surface area contributed by atoms with Gasteiger partial charge in [0, 0.05) is 121 Å². The van der Waals surface area contributed by atoms with Crippen LogP contribution in [0.2, 0.25) is 0 Å². The molecule has 1 rings (SSSR count). The summed E-state index contributed by atoms with van der Waals surface area (Å²) in [5.41, 5.74) is 0. The van der Waals surface area contributed by atoms with E-state index in [4.69, 9.17) is 36.1 Å². The van der Waals surface area contributed by atoms with Crippen molar-refractivity contribution in [1.29, 1.82) is 5.26 Å². The molecule has 0 aromatic heterocycles. The maximum atomic E-state index is 11.5. The van der Waals surface area contributed by atoms with E-state index in [1.807, 2.05) is 26.8 Å². The molecule has 0 aliphatic carbocycles. The van der Waals surface area contributed by atoms with E-state index in [0.717, 1.165) is 6.42 Å². The van der Waals surface area contributed by atoms with Crippen molar-refractivity contribution in [3.8, 4) is 6.07 Å². The molecule has 0 spiro atoms. The Morgan fingerprint density at radius 2 is 1.22 bits per heavy atom. The summed E-state index contributed by atoms with van der Waals surface area (Å²) in [7, 11) is 14.1. The Bertz CT molecular complexity index is 1620. The minimum absolute atomic E-state index is 0. The van der Waals surface area contributed by atoms with Gasteiger partial charge in [-0.2, -0.15) is 5.26 Å². The summed E-state index contributed by atoms with van der Waals surface area (Å²) in [6, 6.07) is 2.01. The number of ether oxygens (including phenoxy) is 3. The van der Waals surface area contributed by atoms with E-state index in [9.17, 15) is 47.9 Å². The van der Waals surface area contributed by atoms with Crippen molar-refractivity contribution in [2.45, 2.75) is 146 Å². The molecule has 1 aliphatic heterocycles. The Balaban J connectivity index is -0.000000132. The van der Waals surface area contributed by atoms with Gasteiger partial charge >= 0.3 is 47.8 Å². The molecule has 21 nitrogen and oxygen atoms in total. The Morgan fingerprint density at radius 3 is 1.50 bits per heavy atom. The summed E-state index contributed by atoms with van der Waals surface area (Å²) < 4.78 is 22.5. The molecular weight excluding hydrogens is 959 g/mol. The number of amides is 2. The van der Waals surface area contributed by atoms with E-state index in [2.05, 4.69) is 42.6 Å². The van der Waals surface area contributed by atoms with Crippen LogP contribution in [0.4, 0.5) is 0 Å². The van der Waals surface area contributed by atoms with Crippen LogP contribution in [0, 0.1) is 47.5 Å². The van der Waals surface area contributed by atoms with Crippen molar-refractivity contribution in [3.05, 3.63) is 11.4 Å². The average Bonchev–Trinajstić information content (AvgIpc) is 3.22. The van der Waals surface area contributed by atoms with Crippen LogP contribution in [-0.4, -0.2) is 130 Å². The predicted octanol–water partition coefficient (Wildman–Crippen LogP) is 7.09. The van der Waals surface area contributed by atoms with E-state index in [1.54, 1.807) is 46.9 Å². The van der Waals surface area contributed by atoms with Crippen LogP contribution in [0.25, 0.3) is 4.85 Å². The molecule has 394 valence electrons. The summed E-state index contributed by atoms with van der Waals surface area (Å²) in [6.07, 6.45) is 4.69. The molecule has 6 atom stereocenters. The minimum atomic E-state index is -1.67. The van der Waals surface area contributed by atoms with Crippen molar-refractivity contribution >= 4 is 90.2 Å². The van der Waals surface area contributed by atoms with Crippen molar-refractivity contribution in [2.75, 3.05) is 34.8 Å². The first-order valence-corrected chi connectivity index (χ1v) is 23.7. The van der Waals surface area contributed by atoms with Gasteiger partial charge in [0.1, 0.15) is 0 Å². The maximum absolute atomic E-state index is 11.5. The number of halogens is 2. The second-order valence-corrected chi connectivity index (χ2v) is 17.8. The van der Waals surface area contributed by atoms with Crippen LogP contribution >= 0.6 is 21.4 Å². The number of carboxylic acids is 3. The summed E-state index contributed by atoms with van der Waals surface area (Å²) in [5.74, 6) is -5.39. The number of carbonyl (C=O) groups is 10. The third kappa shape index (κ3) is 60.8. The summed E-state index contributed by atoms with van der Waals surface area (Å²) in [4.78, 5) is 111. The smallest absolute Gasteiger partial charge is 0.316 e. The number of hydrogen-bond acceptors (Lipinski definition) is 15. The summed E-state index contributed by atoms with van der Waals surface area (Å²) in [6.45, 7) is 22.1. The second kappa shape index (κ2) is 48.3. The third-order valence-corrected chi connectivity index (χ3v) is 8.32. The fraction of sp³-hybridized carbons (Fsp3) is 0.727. The fourth-order valence-electron chi connectivity index (χ4n) is 3.95. The first-order chi connectivity index (χ1) is 30.7. The number of aliphatic carboxylic acids is 3. The molecule has 0 aromatic rings. The highest BCUT2D eigenvalue weighted by molar-refractivity contribution is 8.26. The van der Waals surface area contributed by atoms with Crippen LogP contribution in [0.5, 0.6) is 0 Å². The molecule has 3 N–H and O–H groups in total. The Morgan fingerprint density at radius 1 is 0.824 bits per heavy atom. The topological polar surface area (TPSA) is 311 Å². The van der Waals surface area contributed by atoms with E-state index < -0.39 is 51.0 Å². The van der Waals surface area contributed by atoms with Gasteiger partial charge in [-0.05, 0) is 31.6 Å². The molecule has 2 amide bonds. The number of nitriles is 1. The zero-order valence-corrected chi connectivity index (χ0v) is 43.3. The molecule has 0 aromatic carbocycles. The number of carboxylic acid groups (broad SMARTS) is 3. The van der Waals surface area contributed by atoms with Crippen molar-refractivity contribution in [1.82, 2.24) is 9.80 Å². The van der Waals surface area contributed by atoms with E-state index in [0.29, 0.717) is 57.5 Å². The SMILES string of the molecule is C.CC(=O)OC(C)=O.CC(CCC(=O)O)C(=O)N(C)C.CC(CCC(=O)O)C(=O)O.CC1CCC(=O)OC1=O.CCC(C)COC(=O)CCC(C)C(=O)N(C)C.O=S(Cl)Cl.[C-]#[N+]C(C)CCC#N. The lowest BCUT2D eigenvalue weighted by Crippen LogP contribution is -2.28. The molecule has 24 heteroatoms. The molecule has 1 heterocycles. The highest BCUT2D eigenvalue weighted by Crippen LogP contribution is 2.14. The quantitative estimate of drug-likeness (QED) is 0.0430. The molecule has 1 aliphatic rings. The molecule has 1 fully saturated rings. The summed E-state index contributed by atoms with van der Waals surface area (Å²) >= 11 is 0. The maximum Gasteiger partial charge on any atom is 0.316 e. The molecule has 0 saturated carbocycles. The Labute approximate surface area is 413 Å². The first kappa shape index (κ1) is 77.0. The van der Waals surface area contributed by atoms with Gasteiger partial charge in [0.2, 0.25) is 27.1 Å².